The molecule has 0 spiro atoms. The molecule has 1 aromatic heterocycles. The Balaban J connectivity index is 0.000000253. The molecule has 0 aliphatic rings. The van der Waals surface area contributed by atoms with Crippen molar-refractivity contribution in [1.82, 2.24) is 0 Å². The van der Waals surface area contributed by atoms with Crippen molar-refractivity contribution in [2.45, 2.75) is 0 Å². The first-order chi connectivity index (χ1) is 10.3. The van der Waals surface area contributed by atoms with Crippen LogP contribution in [0.15, 0.2) is 72.9 Å². The molecule has 1 heterocycles. The average molecular weight is 337 g/mol. The maximum Gasteiger partial charge on any atom is 2.00 e. The molecule has 4 rings (SSSR count). The molecule has 0 saturated carbocycles. The summed E-state index contributed by atoms with van der Waals surface area (Å²) < 4.78 is 26.8. The largest absolute Gasteiger partial charge is 2.00 e. The van der Waals surface area contributed by atoms with Crippen molar-refractivity contribution in [3.05, 3.63) is 84.6 Å². The Morgan fingerprint density at radius 1 is 1.09 bits per heavy atom. The van der Waals surface area contributed by atoms with Crippen LogP contribution in [0, 0.1) is 11.6 Å². The minimum atomic E-state index is -0.370. The fourth-order valence-electron chi connectivity index (χ4n) is 2.29. The molecule has 112 valence electrons. The number of halogens is 2. The van der Waals surface area contributed by atoms with Crippen LogP contribution in [0.2, 0.25) is 0 Å². The second-order valence-electron chi connectivity index (χ2n) is 4.64. The van der Waals surface area contributed by atoms with Crippen LogP contribution < -0.4 is 4.98 Å². The smallest absolute Gasteiger partial charge is 0.282 e. The molecule has 0 saturated heterocycles. The summed E-state index contributed by atoms with van der Waals surface area (Å²) in [6, 6.07) is 19.2. The van der Waals surface area contributed by atoms with Gasteiger partial charge in [0.1, 0.15) is 5.52 Å². The number of hydrogen-bond donors (Lipinski definition) is 0. The Labute approximate surface area is 137 Å². The van der Waals surface area contributed by atoms with Gasteiger partial charge in [-0.05, 0) is 11.5 Å². The van der Waals surface area contributed by atoms with Gasteiger partial charge < -0.3 is 0 Å². The van der Waals surface area contributed by atoms with E-state index >= 15 is 0 Å². The van der Waals surface area contributed by atoms with Crippen molar-refractivity contribution >= 4 is 10.9 Å². The van der Waals surface area contributed by atoms with Crippen molar-refractivity contribution in [1.29, 1.82) is 0 Å². The summed E-state index contributed by atoms with van der Waals surface area (Å²) in [5.41, 5.74) is 1.69. The van der Waals surface area contributed by atoms with Crippen molar-refractivity contribution in [3.63, 3.8) is 0 Å². The van der Waals surface area contributed by atoms with Crippen LogP contribution in [-0.2, 0) is 17.1 Å². The molecule has 22 heavy (non-hydrogen) atoms. The minimum Gasteiger partial charge on any atom is -0.282 e. The zero-order valence-corrected chi connectivity index (χ0v) is 12.6. The maximum atomic E-state index is 13.5. The van der Waals surface area contributed by atoms with E-state index in [1.165, 1.54) is 18.2 Å². The van der Waals surface area contributed by atoms with Gasteiger partial charge in [-0.3, -0.25) is 13.8 Å². The van der Waals surface area contributed by atoms with Crippen LogP contribution in [0.3, 0.4) is 0 Å². The van der Waals surface area contributed by atoms with Gasteiger partial charge in [0, 0.05) is 5.82 Å². The Kier molecular flexibility index (Phi) is 5.31. The summed E-state index contributed by atoms with van der Waals surface area (Å²) in [4.78, 5) is 2.92. The normalized spacial score (nSPS) is 9.91. The van der Waals surface area contributed by atoms with E-state index in [-0.39, 0.29) is 28.7 Å². The molecule has 1 nitrogen and oxygen atoms in total. The summed E-state index contributed by atoms with van der Waals surface area (Å²) in [5.74, 6) is -0.696. The number of benzene rings is 1. The van der Waals surface area contributed by atoms with Gasteiger partial charge in [0.25, 0.3) is 0 Å². The summed E-state index contributed by atoms with van der Waals surface area (Å²) in [6.45, 7) is 0. The first-order valence-electron chi connectivity index (χ1n) is 6.60. The van der Waals surface area contributed by atoms with Crippen LogP contribution in [0.25, 0.3) is 22.0 Å². The quantitative estimate of drug-likeness (QED) is 0.360. The molecular weight excluding hydrogens is 324 g/mol. The maximum absolute atomic E-state index is 13.5. The Morgan fingerprint density at radius 2 is 1.86 bits per heavy atom. The van der Waals surface area contributed by atoms with Crippen LogP contribution in [0.4, 0.5) is 8.78 Å². The number of H-pyrrole nitrogens is 1. The Morgan fingerprint density at radius 3 is 2.45 bits per heavy atom. The monoisotopic (exact) mass is 337 g/mol. The number of nitrogens with one attached hydrogen (secondary N) is 1. The molecule has 0 radical (unpaired) electrons. The van der Waals surface area contributed by atoms with Gasteiger partial charge >= 0.3 is 17.1 Å². The van der Waals surface area contributed by atoms with E-state index < -0.39 is 0 Å². The predicted molar refractivity (Wildman–Crippen MR) is 79.1 cm³/mol. The third-order valence-electron chi connectivity index (χ3n) is 3.24. The first-order valence-corrected chi connectivity index (χ1v) is 6.60. The topological polar surface area (TPSA) is 14.1 Å². The van der Waals surface area contributed by atoms with Crippen molar-refractivity contribution in [2.24, 2.45) is 0 Å². The first kappa shape index (κ1) is 16.2. The van der Waals surface area contributed by atoms with Gasteiger partial charge in [-0.1, -0.05) is 17.7 Å². The van der Waals surface area contributed by atoms with E-state index in [9.17, 15) is 8.78 Å². The molecule has 0 aliphatic heterocycles. The standard InChI is InChI=1S/C13H8F2N.C5H5.Fe/c14-8-6-11(9-2-1-3-12(9)15)10-4-5-16-13(10)7-8;1-2-4-5-3-1;/h1-7,16H;1-5H;/q2*-1;+2. The molecule has 0 fully saturated rings. The summed E-state index contributed by atoms with van der Waals surface area (Å²) >= 11 is 0. The molecule has 1 N–H and O–H groups in total. The van der Waals surface area contributed by atoms with Crippen LogP contribution in [0.5, 0.6) is 0 Å². The van der Waals surface area contributed by atoms with Gasteiger partial charge in [-0.2, -0.15) is 30.3 Å². The van der Waals surface area contributed by atoms with E-state index in [0.29, 0.717) is 16.6 Å². The molecule has 0 amide bonds. The molecule has 3 aromatic carbocycles. The van der Waals surface area contributed by atoms with Gasteiger partial charge in [0.05, 0.1) is 12.0 Å². The van der Waals surface area contributed by atoms with Crippen molar-refractivity contribution in [3.8, 4) is 11.1 Å². The van der Waals surface area contributed by atoms with Crippen molar-refractivity contribution < 1.29 is 30.8 Å². The number of aromatic nitrogens is 1. The van der Waals surface area contributed by atoms with Crippen LogP contribution in [0.1, 0.15) is 0 Å². The SMILES string of the molecule is Fc1cc(-c2ccc[c-]2F)c2cc[nH+][c-]2c1.[Fe+2].c1cc[cH-]c1. The van der Waals surface area contributed by atoms with E-state index in [2.05, 4.69) is 4.98 Å². The molecule has 0 aliphatic carbocycles. The van der Waals surface area contributed by atoms with E-state index in [0.717, 1.165) is 5.39 Å². The minimum absolute atomic E-state index is 0. The molecule has 0 bridgehead atoms. The number of aromatic amines is 1. The zero-order chi connectivity index (χ0) is 14.7. The predicted octanol–water partition coefficient (Wildman–Crippen LogP) is 4.44. The van der Waals surface area contributed by atoms with E-state index in [4.69, 9.17) is 0 Å². The number of fused-ring (bicyclic) bond motifs is 1. The van der Waals surface area contributed by atoms with Crippen LogP contribution >= 0.6 is 0 Å². The van der Waals surface area contributed by atoms with E-state index in [1.807, 2.05) is 36.4 Å². The second kappa shape index (κ2) is 7.21. The Bertz CT molecular complexity index is 811. The summed E-state index contributed by atoms with van der Waals surface area (Å²) in [7, 11) is 0. The van der Waals surface area contributed by atoms with Gasteiger partial charge in [0.2, 0.25) is 0 Å². The Hall–Kier alpha value is -2.16. The third-order valence-corrected chi connectivity index (χ3v) is 3.24. The third kappa shape index (κ3) is 3.35. The second-order valence-corrected chi connectivity index (χ2v) is 4.64. The summed E-state index contributed by atoms with van der Waals surface area (Å²) in [6.07, 6.45) is 1.72. The molecular formula is C18H13F2FeN. The molecule has 4 aromatic rings. The number of rotatable bonds is 1. The average Bonchev–Trinajstić information content (AvgIpc) is 3.21. The zero-order valence-electron chi connectivity index (χ0n) is 11.5. The van der Waals surface area contributed by atoms with Gasteiger partial charge in [-0.25, -0.2) is 12.1 Å². The van der Waals surface area contributed by atoms with Crippen LogP contribution in [-0.4, -0.2) is 0 Å². The molecule has 0 atom stereocenters. The fourth-order valence-corrected chi connectivity index (χ4v) is 2.29. The summed E-state index contributed by atoms with van der Waals surface area (Å²) in [5, 5.41) is 0.825. The number of hydrogen-bond acceptors (Lipinski definition) is 0. The van der Waals surface area contributed by atoms with Gasteiger partial charge in [0.15, 0.2) is 0 Å². The molecule has 4 heteroatoms. The van der Waals surface area contributed by atoms with Gasteiger partial charge in [-0.15, -0.1) is 11.6 Å². The molecule has 0 unspecified atom stereocenters. The van der Waals surface area contributed by atoms with Crippen molar-refractivity contribution in [2.75, 3.05) is 0 Å². The van der Waals surface area contributed by atoms with E-state index in [1.54, 1.807) is 18.3 Å². The fraction of sp³-hybridized carbons (Fsp3) is 0.